The van der Waals surface area contributed by atoms with Crippen LogP contribution in [0.5, 0.6) is 0 Å². The molecule has 7 heteroatoms. The van der Waals surface area contributed by atoms with Gasteiger partial charge in [-0.15, -0.1) is 10.2 Å². The van der Waals surface area contributed by atoms with Gasteiger partial charge in [-0.1, -0.05) is 6.92 Å². The van der Waals surface area contributed by atoms with E-state index in [1.807, 2.05) is 13.8 Å². The number of carboxylic acids is 1. The average Bonchev–Trinajstić information content (AvgIpc) is 2.71. The van der Waals surface area contributed by atoms with Gasteiger partial charge in [-0.05, 0) is 13.3 Å². The van der Waals surface area contributed by atoms with Gasteiger partial charge in [0.05, 0.1) is 0 Å². The van der Waals surface area contributed by atoms with Gasteiger partial charge in [0.25, 0.3) is 0 Å². The molecule has 7 nitrogen and oxygen atoms in total. The first-order valence-electron chi connectivity index (χ1n) is 5.68. The van der Waals surface area contributed by atoms with Gasteiger partial charge in [0.2, 0.25) is 5.65 Å². The van der Waals surface area contributed by atoms with Gasteiger partial charge >= 0.3 is 5.97 Å². The summed E-state index contributed by atoms with van der Waals surface area (Å²) in [5.41, 5.74) is 0.567. The van der Waals surface area contributed by atoms with Gasteiger partial charge in [0, 0.05) is 19.4 Å². The van der Waals surface area contributed by atoms with Crippen molar-refractivity contribution >= 4 is 17.4 Å². The monoisotopic (exact) mass is 249 g/mol. The van der Waals surface area contributed by atoms with Crippen molar-refractivity contribution in [2.75, 3.05) is 11.9 Å². The van der Waals surface area contributed by atoms with Crippen molar-refractivity contribution in [3.63, 3.8) is 0 Å². The molecule has 18 heavy (non-hydrogen) atoms. The highest BCUT2D eigenvalue weighted by Crippen LogP contribution is 2.19. The van der Waals surface area contributed by atoms with Crippen molar-refractivity contribution in [3.05, 3.63) is 18.2 Å². The Bertz CT molecular complexity index is 580. The van der Waals surface area contributed by atoms with Crippen LogP contribution in [0.4, 0.5) is 5.82 Å². The molecule has 0 saturated heterocycles. The molecule has 2 rings (SSSR count). The lowest BCUT2D eigenvalue weighted by molar-refractivity contribution is -0.138. The summed E-state index contributed by atoms with van der Waals surface area (Å²) in [5, 5.41) is 17.2. The SMILES string of the molecule is CCC(C(=O)O)N(C)c1nccn2c(C)nnc12. The lowest BCUT2D eigenvalue weighted by Crippen LogP contribution is -2.38. The molecule has 0 fully saturated rings. The molecule has 2 aromatic rings. The molecule has 2 aromatic heterocycles. The molecule has 96 valence electrons. The number of aryl methyl sites for hydroxylation is 1. The predicted molar refractivity (Wildman–Crippen MR) is 65.6 cm³/mol. The molecule has 0 aliphatic heterocycles. The summed E-state index contributed by atoms with van der Waals surface area (Å²) < 4.78 is 1.79. The highest BCUT2D eigenvalue weighted by molar-refractivity contribution is 5.79. The molecular formula is C11H15N5O2. The molecule has 0 amide bonds. The molecule has 0 aliphatic carbocycles. The van der Waals surface area contributed by atoms with Crippen LogP contribution in [0.1, 0.15) is 19.2 Å². The lowest BCUT2D eigenvalue weighted by atomic mass is 10.2. The van der Waals surface area contributed by atoms with E-state index in [-0.39, 0.29) is 0 Å². The van der Waals surface area contributed by atoms with Crippen molar-refractivity contribution < 1.29 is 9.90 Å². The van der Waals surface area contributed by atoms with Gasteiger partial charge in [-0.25, -0.2) is 9.78 Å². The number of aliphatic carboxylic acids is 1. The summed E-state index contributed by atoms with van der Waals surface area (Å²) in [6.45, 7) is 3.66. The third kappa shape index (κ3) is 1.87. The zero-order valence-corrected chi connectivity index (χ0v) is 10.5. The molecule has 0 saturated carbocycles. The molecule has 0 radical (unpaired) electrons. The number of carbonyl (C=O) groups is 1. The minimum atomic E-state index is -0.875. The fourth-order valence-electron chi connectivity index (χ4n) is 1.94. The minimum absolute atomic E-state index is 0.488. The lowest BCUT2D eigenvalue weighted by Gasteiger charge is -2.24. The van der Waals surface area contributed by atoms with Crippen molar-refractivity contribution in [2.45, 2.75) is 26.3 Å². The topological polar surface area (TPSA) is 83.6 Å². The van der Waals surface area contributed by atoms with Crippen molar-refractivity contribution in [3.8, 4) is 0 Å². The standard InChI is InChI=1S/C11H15N5O2/c1-4-8(11(17)18)15(3)9-10-14-13-7(2)16(10)6-5-12-9/h5-6,8H,4H2,1-3H3,(H,17,18). The third-order valence-corrected chi connectivity index (χ3v) is 2.95. The summed E-state index contributed by atoms with van der Waals surface area (Å²) in [6.07, 6.45) is 3.86. The van der Waals surface area contributed by atoms with E-state index in [1.54, 1.807) is 28.7 Å². The summed E-state index contributed by atoms with van der Waals surface area (Å²) in [6, 6.07) is -0.624. The maximum Gasteiger partial charge on any atom is 0.326 e. The Morgan fingerprint density at radius 3 is 2.89 bits per heavy atom. The first kappa shape index (κ1) is 12.3. The Morgan fingerprint density at radius 2 is 2.28 bits per heavy atom. The zero-order valence-electron chi connectivity index (χ0n) is 10.5. The first-order valence-corrected chi connectivity index (χ1v) is 5.68. The second-order valence-corrected chi connectivity index (χ2v) is 4.06. The number of fused-ring (bicyclic) bond motifs is 1. The Hall–Kier alpha value is -2.18. The van der Waals surface area contributed by atoms with Crippen LogP contribution in [0.2, 0.25) is 0 Å². The molecule has 1 N–H and O–H groups in total. The summed E-state index contributed by atoms with van der Waals surface area (Å²) >= 11 is 0. The maximum atomic E-state index is 11.2. The van der Waals surface area contributed by atoms with Crippen LogP contribution in [-0.4, -0.2) is 43.7 Å². The normalized spacial score (nSPS) is 12.6. The summed E-state index contributed by atoms with van der Waals surface area (Å²) in [4.78, 5) is 17.0. The van der Waals surface area contributed by atoms with E-state index in [0.717, 1.165) is 5.82 Å². The minimum Gasteiger partial charge on any atom is -0.480 e. The van der Waals surface area contributed by atoms with E-state index in [1.165, 1.54) is 0 Å². The van der Waals surface area contributed by atoms with Gasteiger partial charge in [-0.2, -0.15) is 0 Å². The molecule has 0 bridgehead atoms. The Morgan fingerprint density at radius 1 is 1.56 bits per heavy atom. The predicted octanol–water partition coefficient (Wildman–Crippen LogP) is 0.732. The first-order chi connectivity index (χ1) is 8.56. The number of carboxylic acid groups (broad SMARTS) is 1. The molecule has 0 aliphatic rings. The Kier molecular flexibility index (Phi) is 3.14. The molecule has 1 unspecified atom stereocenters. The Labute approximate surface area is 104 Å². The number of likely N-dealkylation sites (N-methyl/N-ethyl adjacent to an activating group) is 1. The smallest absolute Gasteiger partial charge is 0.326 e. The number of anilines is 1. The van der Waals surface area contributed by atoms with E-state index in [0.29, 0.717) is 17.9 Å². The highest BCUT2D eigenvalue weighted by Gasteiger charge is 2.24. The fraction of sp³-hybridized carbons (Fsp3) is 0.455. The van der Waals surface area contributed by atoms with Crippen LogP contribution < -0.4 is 4.90 Å². The zero-order chi connectivity index (χ0) is 13.3. The van der Waals surface area contributed by atoms with Crippen LogP contribution in [0, 0.1) is 6.92 Å². The number of rotatable bonds is 4. The third-order valence-electron chi connectivity index (χ3n) is 2.95. The fourth-order valence-corrected chi connectivity index (χ4v) is 1.94. The quantitative estimate of drug-likeness (QED) is 0.860. The number of hydrogen-bond donors (Lipinski definition) is 1. The van der Waals surface area contributed by atoms with Crippen LogP contribution in [-0.2, 0) is 4.79 Å². The maximum absolute atomic E-state index is 11.2. The van der Waals surface area contributed by atoms with Gasteiger partial charge in [0.1, 0.15) is 11.9 Å². The highest BCUT2D eigenvalue weighted by atomic mass is 16.4. The second kappa shape index (κ2) is 4.59. The van der Waals surface area contributed by atoms with Crippen LogP contribution in [0.15, 0.2) is 12.4 Å². The van der Waals surface area contributed by atoms with Crippen LogP contribution in [0.25, 0.3) is 5.65 Å². The van der Waals surface area contributed by atoms with E-state index >= 15 is 0 Å². The number of nitrogens with zero attached hydrogens (tertiary/aromatic N) is 5. The molecule has 1 atom stereocenters. The van der Waals surface area contributed by atoms with Crippen molar-refractivity contribution in [2.24, 2.45) is 0 Å². The van der Waals surface area contributed by atoms with Crippen molar-refractivity contribution in [1.82, 2.24) is 19.6 Å². The molecular weight excluding hydrogens is 234 g/mol. The van der Waals surface area contributed by atoms with E-state index in [2.05, 4.69) is 15.2 Å². The molecule has 0 spiro atoms. The van der Waals surface area contributed by atoms with E-state index in [9.17, 15) is 4.79 Å². The summed E-state index contributed by atoms with van der Waals surface area (Å²) in [5.74, 6) is 0.387. The van der Waals surface area contributed by atoms with Crippen LogP contribution >= 0.6 is 0 Å². The van der Waals surface area contributed by atoms with E-state index < -0.39 is 12.0 Å². The van der Waals surface area contributed by atoms with Gasteiger partial charge in [0.15, 0.2) is 5.82 Å². The largest absolute Gasteiger partial charge is 0.480 e. The Balaban J connectivity index is 2.50. The van der Waals surface area contributed by atoms with Gasteiger partial charge < -0.3 is 10.0 Å². The molecule has 0 aromatic carbocycles. The average molecular weight is 249 g/mol. The van der Waals surface area contributed by atoms with Crippen LogP contribution in [0.3, 0.4) is 0 Å². The van der Waals surface area contributed by atoms with E-state index in [4.69, 9.17) is 5.11 Å². The number of hydrogen-bond acceptors (Lipinski definition) is 5. The van der Waals surface area contributed by atoms with Gasteiger partial charge in [-0.3, -0.25) is 4.40 Å². The second-order valence-electron chi connectivity index (χ2n) is 4.06. The number of aromatic nitrogens is 4. The molecule has 2 heterocycles. The summed E-state index contributed by atoms with van der Waals surface area (Å²) in [7, 11) is 1.70. The van der Waals surface area contributed by atoms with Crippen molar-refractivity contribution in [1.29, 1.82) is 0 Å².